The molecule has 0 aromatic heterocycles. The van der Waals surface area contributed by atoms with E-state index in [1.807, 2.05) is 0 Å². The molecule has 0 aromatic carbocycles. The highest BCUT2D eigenvalue weighted by Crippen LogP contribution is 2.20. The van der Waals surface area contributed by atoms with Gasteiger partial charge in [-0.05, 0) is 6.42 Å². The molecule has 104 valence electrons. The van der Waals surface area contributed by atoms with Crippen LogP contribution in [-0.4, -0.2) is 56.4 Å². The van der Waals surface area contributed by atoms with Gasteiger partial charge in [-0.3, -0.25) is 4.79 Å². The number of sulfone groups is 1. The number of hydrogen-bond donors (Lipinski definition) is 1. The van der Waals surface area contributed by atoms with Crippen LogP contribution in [0.5, 0.6) is 0 Å². The van der Waals surface area contributed by atoms with Crippen LogP contribution in [0.1, 0.15) is 6.42 Å². The first-order chi connectivity index (χ1) is 8.03. The van der Waals surface area contributed by atoms with E-state index in [1.165, 1.54) is 0 Å². The van der Waals surface area contributed by atoms with Gasteiger partial charge >= 0.3 is 0 Å². The SMILES string of the molecule is C=CCN(C(=O)C1CNC1)C1CCS(=O)(=O)C1.Cl. The lowest BCUT2D eigenvalue weighted by Gasteiger charge is -2.34. The number of nitrogens with one attached hydrogen (secondary N) is 1. The lowest BCUT2D eigenvalue weighted by atomic mass is 10.0. The Hall–Kier alpha value is -0.590. The number of amides is 1. The molecular weight excluding hydrogens is 276 g/mol. The number of hydrogen-bond acceptors (Lipinski definition) is 4. The molecule has 0 saturated carbocycles. The van der Waals surface area contributed by atoms with Crippen molar-refractivity contribution >= 4 is 28.2 Å². The van der Waals surface area contributed by atoms with Crippen molar-refractivity contribution in [3.05, 3.63) is 12.7 Å². The molecule has 18 heavy (non-hydrogen) atoms. The Balaban J connectivity index is 0.00000162. The predicted octanol–water partition coefficient (Wildman–Crippen LogP) is -0.171. The molecule has 2 aliphatic rings. The molecule has 0 bridgehead atoms. The molecule has 1 N–H and O–H groups in total. The maximum Gasteiger partial charge on any atom is 0.228 e. The Bertz CT molecular complexity index is 420. The summed E-state index contributed by atoms with van der Waals surface area (Å²) in [4.78, 5) is 13.8. The van der Waals surface area contributed by atoms with E-state index in [2.05, 4.69) is 11.9 Å². The number of halogens is 1. The summed E-state index contributed by atoms with van der Waals surface area (Å²) in [5.41, 5.74) is 0. The maximum absolute atomic E-state index is 12.2. The molecule has 1 atom stereocenters. The zero-order valence-corrected chi connectivity index (χ0v) is 11.8. The highest BCUT2D eigenvalue weighted by molar-refractivity contribution is 7.91. The average molecular weight is 295 g/mol. The smallest absolute Gasteiger partial charge is 0.228 e. The fourth-order valence-electron chi connectivity index (χ4n) is 2.28. The van der Waals surface area contributed by atoms with Crippen LogP contribution in [0.25, 0.3) is 0 Å². The molecule has 2 aliphatic heterocycles. The van der Waals surface area contributed by atoms with Crippen LogP contribution in [-0.2, 0) is 14.6 Å². The fourth-order valence-corrected chi connectivity index (χ4v) is 4.01. The maximum atomic E-state index is 12.2. The van der Waals surface area contributed by atoms with E-state index in [0.29, 0.717) is 26.1 Å². The van der Waals surface area contributed by atoms with Gasteiger partial charge in [-0.25, -0.2) is 8.42 Å². The lowest BCUT2D eigenvalue weighted by Crippen LogP contribution is -2.54. The average Bonchev–Trinajstić information content (AvgIpc) is 2.52. The number of carbonyl (C=O) groups excluding carboxylic acids is 1. The topological polar surface area (TPSA) is 66.5 Å². The fraction of sp³-hybridized carbons (Fsp3) is 0.727. The van der Waals surface area contributed by atoms with Gasteiger partial charge in [0.1, 0.15) is 0 Å². The minimum atomic E-state index is -2.95. The quantitative estimate of drug-likeness (QED) is 0.731. The van der Waals surface area contributed by atoms with E-state index in [1.54, 1.807) is 11.0 Å². The minimum absolute atomic E-state index is 0. The van der Waals surface area contributed by atoms with Gasteiger partial charge in [0.05, 0.1) is 17.4 Å². The van der Waals surface area contributed by atoms with Crippen LogP contribution in [0.15, 0.2) is 12.7 Å². The van der Waals surface area contributed by atoms with Crippen molar-refractivity contribution in [1.29, 1.82) is 0 Å². The monoisotopic (exact) mass is 294 g/mol. The second-order valence-corrected chi connectivity index (χ2v) is 6.92. The van der Waals surface area contributed by atoms with Crippen LogP contribution in [0, 0.1) is 5.92 Å². The third-order valence-electron chi connectivity index (χ3n) is 3.39. The lowest BCUT2D eigenvalue weighted by molar-refractivity contribution is -0.138. The molecule has 2 fully saturated rings. The van der Waals surface area contributed by atoms with Crippen molar-refractivity contribution in [1.82, 2.24) is 10.2 Å². The third kappa shape index (κ3) is 3.24. The molecule has 0 spiro atoms. The summed E-state index contributed by atoms with van der Waals surface area (Å²) < 4.78 is 22.9. The molecule has 1 amide bonds. The van der Waals surface area contributed by atoms with E-state index >= 15 is 0 Å². The van der Waals surface area contributed by atoms with Crippen LogP contribution in [0.2, 0.25) is 0 Å². The summed E-state index contributed by atoms with van der Waals surface area (Å²) in [5.74, 6) is 0.373. The molecule has 0 aliphatic carbocycles. The predicted molar refractivity (Wildman–Crippen MR) is 72.6 cm³/mol. The zero-order chi connectivity index (χ0) is 12.5. The van der Waals surface area contributed by atoms with Crippen molar-refractivity contribution in [2.24, 2.45) is 5.92 Å². The molecule has 2 rings (SSSR count). The summed E-state index contributed by atoms with van der Waals surface area (Å²) in [5, 5.41) is 3.05. The summed E-state index contributed by atoms with van der Waals surface area (Å²) in [6.45, 7) is 5.48. The first-order valence-corrected chi connectivity index (χ1v) is 7.68. The van der Waals surface area contributed by atoms with Gasteiger partial charge < -0.3 is 10.2 Å². The Morgan fingerprint density at radius 2 is 2.11 bits per heavy atom. The van der Waals surface area contributed by atoms with Gasteiger partial charge in [0.2, 0.25) is 5.91 Å². The van der Waals surface area contributed by atoms with Gasteiger partial charge in [0.15, 0.2) is 9.84 Å². The van der Waals surface area contributed by atoms with Gasteiger partial charge in [-0.1, -0.05) is 6.08 Å². The Morgan fingerprint density at radius 3 is 2.50 bits per heavy atom. The molecule has 1 unspecified atom stereocenters. The van der Waals surface area contributed by atoms with Gasteiger partial charge in [0, 0.05) is 25.7 Å². The van der Waals surface area contributed by atoms with Crippen molar-refractivity contribution in [2.45, 2.75) is 12.5 Å². The van der Waals surface area contributed by atoms with E-state index < -0.39 is 9.84 Å². The highest BCUT2D eigenvalue weighted by atomic mass is 35.5. The molecule has 2 saturated heterocycles. The number of nitrogens with zero attached hydrogens (tertiary/aromatic N) is 1. The molecule has 0 radical (unpaired) electrons. The largest absolute Gasteiger partial charge is 0.335 e. The summed E-state index contributed by atoms with van der Waals surface area (Å²) in [6.07, 6.45) is 2.22. The van der Waals surface area contributed by atoms with Crippen molar-refractivity contribution in [3.8, 4) is 0 Å². The van der Waals surface area contributed by atoms with E-state index in [0.717, 1.165) is 0 Å². The van der Waals surface area contributed by atoms with Gasteiger partial charge in [-0.15, -0.1) is 19.0 Å². The van der Waals surface area contributed by atoms with Crippen molar-refractivity contribution < 1.29 is 13.2 Å². The minimum Gasteiger partial charge on any atom is -0.335 e. The molecule has 7 heteroatoms. The zero-order valence-electron chi connectivity index (χ0n) is 10.2. The Labute approximate surface area is 114 Å². The van der Waals surface area contributed by atoms with Gasteiger partial charge in [0.25, 0.3) is 0 Å². The molecular formula is C11H19ClN2O3S. The van der Waals surface area contributed by atoms with Crippen LogP contribution in [0.3, 0.4) is 0 Å². The third-order valence-corrected chi connectivity index (χ3v) is 5.14. The Morgan fingerprint density at radius 1 is 1.44 bits per heavy atom. The Kier molecular flexibility index (Phi) is 5.19. The van der Waals surface area contributed by atoms with Crippen molar-refractivity contribution in [3.63, 3.8) is 0 Å². The van der Waals surface area contributed by atoms with Gasteiger partial charge in [-0.2, -0.15) is 0 Å². The summed E-state index contributed by atoms with van der Waals surface area (Å²) in [6, 6.07) is -0.161. The highest BCUT2D eigenvalue weighted by Gasteiger charge is 2.37. The second kappa shape index (κ2) is 6.04. The first-order valence-electron chi connectivity index (χ1n) is 5.86. The normalized spacial score (nSPS) is 25.9. The van der Waals surface area contributed by atoms with Crippen molar-refractivity contribution in [2.75, 3.05) is 31.1 Å². The molecule has 2 heterocycles. The van der Waals surface area contributed by atoms with Crippen LogP contribution >= 0.6 is 12.4 Å². The summed E-state index contributed by atoms with van der Waals surface area (Å²) >= 11 is 0. The van der Waals surface area contributed by atoms with E-state index in [9.17, 15) is 13.2 Å². The van der Waals surface area contributed by atoms with Crippen LogP contribution < -0.4 is 5.32 Å². The van der Waals surface area contributed by atoms with Crippen LogP contribution in [0.4, 0.5) is 0 Å². The van der Waals surface area contributed by atoms with E-state index in [4.69, 9.17) is 0 Å². The summed E-state index contributed by atoms with van der Waals surface area (Å²) in [7, 11) is -2.95. The standard InChI is InChI=1S/C11H18N2O3S.ClH/c1-2-4-13(11(14)9-6-12-7-9)10-3-5-17(15,16)8-10;/h2,9-10,12H,1,3-8H2;1H. The number of carbonyl (C=O) groups is 1. The molecule has 5 nitrogen and oxygen atoms in total. The number of rotatable bonds is 4. The van der Waals surface area contributed by atoms with E-state index in [-0.39, 0.29) is 41.8 Å². The second-order valence-electron chi connectivity index (χ2n) is 4.69. The first kappa shape index (κ1) is 15.5. The molecule has 0 aromatic rings.